The Bertz CT molecular complexity index is 313. The van der Waals surface area contributed by atoms with Crippen molar-refractivity contribution in [3.63, 3.8) is 0 Å². The fourth-order valence-electron chi connectivity index (χ4n) is 1.09. The van der Waals surface area contributed by atoms with Crippen LogP contribution in [0.2, 0.25) is 0 Å². The molecule has 2 unspecified atom stereocenters. The second-order valence-corrected chi connectivity index (χ2v) is 3.84. The summed E-state index contributed by atoms with van der Waals surface area (Å²) in [7, 11) is 0. The first-order chi connectivity index (χ1) is 7.11. The van der Waals surface area contributed by atoms with Gasteiger partial charge in [0.15, 0.2) is 0 Å². The van der Waals surface area contributed by atoms with Crippen molar-refractivity contribution in [2.24, 2.45) is 0 Å². The predicted molar refractivity (Wildman–Crippen MR) is 61.1 cm³/mol. The number of rotatable bonds is 5. The van der Waals surface area contributed by atoms with Crippen LogP contribution in [0.25, 0.3) is 0 Å². The van der Waals surface area contributed by atoms with Gasteiger partial charge in [-0.1, -0.05) is 30.3 Å². The van der Waals surface area contributed by atoms with Gasteiger partial charge in [0.1, 0.15) is 5.25 Å². The lowest BCUT2D eigenvalue weighted by atomic mass is 10.2. The summed E-state index contributed by atoms with van der Waals surface area (Å²) in [6.45, 7) is 2.11. The monoisotopic (exact) mass is 226 g/mol. The Morgan fingerprint density at radius 3 is 2.60 bits per heavy atom. The molecule has 1 N–H and O–H groups in total. The third-order valence-corrected chi connectivity index (χ3v) is 2.69. The van der Waals surface area contributed by atoms with E-state index in [1.807, 2.05) is 30.3 Å². The summed E-state index contributed by atoms with van der Waals surface area (Å²) >= 11 is 3.94. The summed E-state index contributed by atoms with van der Waals surface area (Å²) in [5.74, 6) is -0.959. The highest BCUT2D eigenvalue weighted by Gasteiger charge is 2.20. The summed E-state index contributed by atoms with van der Waals surface area (Å²) in [6.07, 6.45) is -0.411. The second kappa shape index (κ2) is 5.78. The lowest BCUT2D eigenvalue weighted by Crippen LogP contribution is -2.28. The summed E-state index contributed by atoms with van der Waals surface area (Å²) in [5.41, 5.74) is 1.02. The molecule has 1 aromatic carbocycles. The van der Waals surface area contributed by atoms with E-state index in [4.69, 9.17) is 9.84 Å². The van der Waals surface area contributed by atoms with Gasteiger partial charge in [0.05, 0.1) is 12.7 Å². The van der Waals surface area contributed by atoms with E-state index in [9.17, 15) is 4.79 Å². The van der Waals surface area contributed by atoms with Gasteiger partial charge >= 0.3 is 5.97 Å². The molecule has 0 aliphatic carbocycles. The average Bonchev–Trinajstić information content (AvgIpc) is 2.26. The highest BCUT2D eigenvalue weighted by atomic mass is 32.1. The Labute approximate surface area is 94.5 Å². The van der Waals surface area contributed by atoms with E-state index >= 15 is 0 Å². The van der Waals surface area contributed by atoms with Crippen LogP contribution in [0.15, 0.2) is 30.3 Å². The summed E-state index contributed by atoms with van der Waals surface area (Å²) < 4.78 is 5.39. The van der Waals surface area contributed by atoms with Crippen LogP contribution in [0.1, 0.15) is 12.5 Å². The molecular weight excluding hydrogens is 212 g/mol. The van der Waals surface area contributed by atoms with Crippen molar-refractivity contribution in [1.82, 2.24) is 0 Å². The quantitative estimate of drug-likeness (QED) is 0.755. The number of carbonyl (C=O) groups is 1. The van der Waals surface area contributed by atoms with Crippen LogP contribution in [0.3, 0.4) is 0 Å². The van der Waals surface area contributed by atoms with Crippen molar-refractivity contribution in [3.8, 4) is 0 Å². The van der Waals surface area contributed by atoms with Gasteiger partial charge in [-0.3, -0.25) is 4.79 Å². The van der Waals surface area contributed by atoms with E-state index in [0.29, 0.717) is 6.61 Å². The van der Waals surface area contributed by atoms with Crippen molar-refractivity contribution >= 4 is 18.6 Å². The number of thiol groups is 1. The Hall–Kier alpha value is -1.00. The van der Waals surface area contributed by atoms with Gasteiger partial charge in [-0.15, -0.1) is 0 Å². The third-order valence-electron chi connectivity index (χ3n) is 2.05. The van der Waals surface area contributed by atoms with E-state index in [1.165, 1.54) is 0 Å². The minimum Gasteiger partial charge on any atom is -0.480 e. The van der Waals surface area contributed by atoms with Gasteiger partial charge in [0.2, 0.25) is 0 Å². The summed E-state index contributed by atoms with van der Waals surface area (Å²) in [5, 5.41) is 7.91. The maximum atomic E-state index is 10.6. The Morgan fingerprint density at radius 1 is 1.47 bits per heavy atom. The molecular formula is C11H14O3S. The molecule has 1 aromatic rings. The molecule has 0 aromatic heterocycles. The minimum atomic E-state index is -0.959. The van der Waals surface area contributed by atoms with E-state index in [0.717, 1.165) is 5.56 Å². The lowest BCUT2D eigenvalue weighted by molar-refractivity contribution is -0.139. The van der Waals surface area contributed by atoms with Crippen LogP contribution in [-0.2, 0) is 16.1 Å². The molecule has 1 rings (SSSR count). The number of aliphatic carboxylic acids is 1. The molecule has 4 heteroatoms. The van der Waals surface area contributed by atoms with Gasteiger partial charge in [-0.25, -0.2) is 0 Å². The van der Waals surface area contributed by atoms with Crippen molar-refractivity contribution in [2.75, 3.05) is 0 Å². The zero-order valence-electron chi connectivity index (χ0n) is 8.46. The molecule has 0 bridgehead atoms. The largest absolute Gasteiger partial charge is 0.480 e. The highest BCUT2D eigenvalue weighted by Crippen LogP contribution is 2.09. The lowest BCUT2D eigenvalue weighted by Gasteiger charge is -2.16. The maximum Gasteiger partial charge on any atom is 0.319 e. The van der Waals surface area contributed by atoms with Crippen LogP contribution in [0.5, 0.6) is 0 Å². The molecule has 0 amide bonds. The number of ether oxygens (including phenoxy) is 1. The van der Waals surface area contributed by atoms with Crippen molar-refractivity contribution in [2.45, 2.75) is 24.9 Å². The zero-order chi connectivity index (χ0) is 11.3. The van der Waals surface area contributed by atoms with Crippen molar-refractivity contribution in [3.05, 3.63) is 35.9 Å². The predicted octanol–water partition coefficient (Wildman–Crippen LogP) is 1.97. The number of benzene rings is 1. The van der Waals surface area contributed by atoms with E-state index in [2.05, 4.69) is 12.6 Å². The van der Waals surface area contributed by atoms with Crippen molar-refractivity contribution in [1.29, 1.82) is 0 Å². The molecule has 3 nitrogen and oxygen atoms in total. The maximum absolute atomic E-state index is 10.6. The Morgan fingerprint density at radius 2 is 2.07 bits per heavy atom. The minimum absolute atomic E-state index is 0.409. The molecule has 82 valence electrons. The molecule has 0 aliphatic rings. The molecule has 0 spiro atoms. The van der Waals surface area contributed by atoms with Crippen molar-refractivity contribution < 1.29 is 14.6 Å². The highest BCUT2D eigenvalue weighted by molar-refractivity contribution is 7.81. The van der Waals surface area contributed by atoms with E-state index < -0.39 is 17.3 Å². The number of hydrogen-bond donors (Lipinski definition) is 2. The number of hydrogen-bond acceptors (Lipinski definition) is 3. The molecule has 0 heterocycles. The van der Waals surface area contributed by atoms with Gasteiger partial charge in [0.25, 0.3) is 0 Å². The zero-order valence-corrected chi connectivity index (χ0v) is 9.35. The van der Waals surface area contributed by atoms with E-state index in [-0.39, 0.29) is 0 Å². The Balaban J connectivity index is 2.41. The van der Waals surface area contributed by atoms with Crippen LogP contribution in [-0.4, -0.2) is 22.4 Å². The molecule has 0 radical (unpaired) electrons. The number of carboxylic acids is 1. The van der Waals surface area contributed by atoms with E-state index in [1.54, 1.807) is 6.92 Å². The summed E-state index contributed by atoms with van der Waals surface area (Å²) in [4.78, 5) is 10.6. The average molecular weight is 226 g/mol. The first kappa shape index (κ1) is 12.1. The molecule has 0 saturated heterocycles. The molecule has 0 aliphatic heterocycles. The van der Waals surface area contributed by atoms with Gasteiger partial charge in [0, 0.05) is 0 Å². The fourth-order valence-corrected chi connectivity index (χ4v) is 1.18. The van der Waals surface area contributed by atoms with Gasteiger partial charge < -0.3 is 9.84 Å². The Kier molecular flexibility index (Phi) is 4.65. The second-order valence-electron chi connectivity index (χ2n) is 3.28. The molecule has 0 fully saturated rings. The molecule has 15 heavy (non-hydrogen) atoms. The van der Waals surface area contributed by atoms with Crippen LogP contribution < -0.4 is 0 Å². The third kappa shape index (κ3) is 3.93. The topological polar surface area (TPSA) is 46.5 Å². The molecule has 2 atom stereocenters. The standard InChI is InChI=1S/C11H14O3S/c1-8(10(15)11(12)13)14-7-9-5-3-2-4-6-9/h2-6,8,10,15H,7H2,1H3,(H,12,13). The SMILES string of the molecule is CC(OCc1ccccc1)C(S)C(=O)O. The van der Waals surface area contributed by atoms with Crippen LogP contribution >= 0.6 is 12.6 Å². The van der Waals surface area contributed by atoms with Gasteiger partial charge in [-0.2, -0.15) is 12.6 Å². The fraction of sp³-hybridized carbons (Fsp3) is 0.364. The van der Waals surface area contributed by atoms with Crippen LogP contribution in [0.4, 0.5) is 0 Å². The smallest absolute Gasteiger partial charge is 0.319 e. The normalized spacial score (nSPS) is 14.5. The first-order valence-electron chi connectivity index (χ1n) is 4.67. The van der Waals surface area contributed by atoms with Crippen LogP contribution in [0, 0.1) is 0 Å². The summed E-state index contributed by atoms with van der Waals surface area (Å²) in [6, 6.07) is 9.62. The van der Waals surface area contributed by atoms with Gasteiger partial charge in [-0.05, 0) is 12.5 Å². The molecule has 0 saturated carbocycles. The first-order valence-corrected chi connectivity index (χ1v) is 5.19. The number of carboxylic acid groups (broad SMARTS) is 1.